The number of aromatic nitrogens is 3. The van der Waals surface area contributed by atoms with Gasteiger partial charge in [-0.2, -0.15) is 5.10 Å². The molecule has 1 aliphatic carbocycles. The van der Waals surface area contributed by atoms with E-state index in [2.05, 4.69) is 63.3 Å². The lowest BCUT2D eigenvalue weighted by atomic mass is 9.97. The van der Waals surface area contributed by atoms with Crippen molar-refractivity contribution in [2.24, 2.45) is 0 Å². The van der Waals surface area contributed by atoms with Crippen LogP contribution in [0.5, 0.6) is 0 Å². The molecular weight excluding hydrogens is 378 g/mol. The molecule has 3 heteroatoms. The summed E-state index contributed by atoms with van der Waals surface area (Å²) in [5, 5.41) is 4.38. The normalized spacial score (nSPS) is 13.0. The fourth-order valence-electron chi connectivity index (χ4n) is 3.84. The van der Waals surface area contributed by atoms with Gasteiger partial charge in [0.2, 0.25) is 0 Å². The SMILES string of the molecule is C=C(c1ccn2ncc(C(=C)C)c2c1)c1ccc(C2CC2)nc1C.CCCCCCC. The Bertz CT molecular complexity index is 1050. The second-order valence-corrected chi connectivity index (χ2v) is 8.77. The van der Waals surface area contributed by atoms with Crippen LogP contribution in [0.25, 0.3) is 16.7 Å². The summed E-state index contributed by atoms with van der Waals surface area (Å²) in [5.41, 5.74) is 8.62. The number of pyridine rings is 2. The zero-order chi connectivity index (χ0) is 22.4. The minimum Gasteiger partial charge on any atom is -0.257 e. The lowest BCUT2D eigenvalue weighted by Crippen LogP contribution is -1.97. The van der Waals surface area contributed by atoms with E-state index in [0.29, 0.717) is 5.92 Å². The van der Waals surface area contributed by atoms with E-state index in [4.69, 9.17) is 4.98 Å². The van der Waals surface area contributed by atoms with Crippen LogP contribution in [0, 0.1) is 6.92 Å². The molecule has 4 rings (SSSR count). The topological polar surface area (TPSA) is 30.2 Å². The first-order valence-corrected chi connectivity index (χ1v) is 11.8. The van der Waals surface area contributed by atoms with Gasteiger partial charge in [0.25, 0.3) is 0 Å². The first-order chi connectivity index (χ1) is 15.0. The Kier molecular flexibility index (Phi) is 7.84. The molecule has 0 aliphatic heterocycles. The van der Waals surface area contributed by atoms with Gasteiger partial charge in [-0.1, -0.05) is 65.2 Å². The van der Waals surface area contributed by atoms with Crippen molar-refractivity contribution in [1.29, 1.82) is 0 Å². The maximum Gasteiger partial charge on any atom is 0.0742 e. The molecule has 3 aromatic heterocycles. The maximum atomic E-state index is 4.79. The standard InChI is InChI=1S/C21H21N3.C7H16/c1-13(2)19-12-22-24-10-9-17(11-21(19)24)14(3)18-7-8-20(16-5-6-16)23-15(18)4;1-3-5-7-6-4-2/h7-12,16H,1,3,5-6H2,2,4H3;3-7H2,1-2H3. The van der Waals surface area contributed by atoms with Crippen LogP contribution in [0.1, 0.15) is 99.7 Å². The largest absolute Gasteiger partial charge is 0.257 e. The van der Waals surface area contributed by atoms with Gasteiger partial charge in [-0.15, -0.1) is 0 Å². The molecule has 1 fully saturated rings. The van der Waals surface area contributed by atoms with Crippen molar-refractivity contribution in [2.75, 3.05) is 0 Å². The first kappa shape index (κ1) is 23.0. The molecule has 0 unspecified atom stereocenters. The van der Waals surface area contributed by atoms with Crippen LogP contribution in [-0.2, 0) is 0 Å². The molecule has 3 nitrogen and oxygen atoms in total. The van der Waals surface area contributed by atoms with Gasteiger partial charge in [0.15, 0.2) is 0 Å². The third-order valence-electron chi connectivity index (χ3n) is 5.96. The molecule has 0 atom stereocenters. The second-order valence-electron chi connectivity index (χ2n) is 8.77. The fraction of sp³-hybridized carbons (Fsp3) is 0.429. The van der Waals surface area contributed by atoms with Gasteiger partial charge in [0.05, 0.1) is 11.7 Å². The monoisotopic (exact) mass is 415 g/mol. The third kappa shape index (κ3) is 5.72. The van der Waals surface area contributed by atoms with Crippen molar-refractivity contribution < 1.29 is 0 Å². The molecule has 164 valence electrons. The van der Waals surface area contributed by atoms with Crippen LogP contribution >= 0.6 is 0 Å². The van der Waals surface area contributed by atoms with Crippen LogP contribution < -0.4 is 0 Å². The van der Waals surface area contributed by atoms with E-state index in [1.54, 1.807) is 0 Å². The van der Waals surface area contributed by atoms with Gasteiger partial charge in [-0.05, 0) is 61.6 Å². The number of unbranched alkanes of at least 4 members (excludes halogenated alkanes) is 4. The van der Waals surface area contributed by atoms with E-state index in [-0.39, 0.29) is 0 Å². The van der Waals surface area contributed by atoms with E-state index < -0.39 is 0 Å². The van der Waals surface area contributed by atoms with Gasteiger partial charge < -0.3 is 0 Å². The highest BCUT2D eigenvalue weighted by Gasteiger charge is 2.25. The number of allylic oxidation sites excluding steroid dienone is 1. The van der Waals surface area contributed by atoms with Crippen LogP contribution in [0.15, 0.2) is 49.8 Å². The summed E-state index contributed by atoms with van der Waals surface area (Å²) in [6, 6.07) is 8.51. The molecule has 1 saturated carbocycles. The van der Waals surface area contributed by atoms with E-state index in [1.165, 1.54) is 50.6 Å². The number of nitrogens with zero attached hydrogens (tertiary/aromatic N) is 3. The summed E-state index contributed by atoms with van der Waals surface area (Å²) < 4.78 is 1.88. The van der Waals surface area contributed by atoms with Crippen LogP contribution in [0.3, 0.4) is 0 Å². The summed E-state index contributed by atoms with van der Waals surface area (Å²) in [4.78, 5) is 4.79. The average Bonchev–Trinajstić information content (AvgIpc) is 3.52. The average molecular weight is 416 g/mol. The van der Waals surface area contributed by atoms with Gasteiger partial charge >= 0.3 is 0 Å². The summed E-state index contributed by atoms with van der Waals surface area (Å²) in [7, 11) is 0. The minimum absolute atomic E-state index is 0.673. The Morgan fingerprint density at radius 3 is 2.32 bits per heavy atom. The molecule has 3 aromatic rings. The zero-order valence-electron chi connectivity index (χ0n) is 19.7. The van der Waals surface area contributed by atoms with Crippen molar-refractivity contribution in [3.63, 3.8) is 0 Å². The Hall–Kier alpha value is -2.68. The van der Waals surface area contributed by atoms with Crippen molar-refractivity contribution >= 4 is 16.7 Å². The third-order valence-corrected chi connectivity index (χ3v) is 5.96. The second kappa shape index (κ2) is 10.6. The number of aryl methyl sites for hydroxylation is 1. The molecule has 0 spiro atoms. The number of rotatable bonds is 8. The maximum absolute atomic E-state index is 4.79. The van der Waals surface area contributed by atoms with Crippen LogP contribution in [0.2, 0.25) is 0 Å². The van der Waals surface area contributed by atoms with Crippen molar-refractivity contribution in [3.8, 4) is 0 Å². The quantitative estimate of drug-likeness (QED) is 0.349. The van der Waals surface area contributed by atoms with Crippen molar-refractivity contribution in [1.82, 2.24) is 14.6 Å². The summed E-state index contributed by atoms with van der Waals surface area (Å²) in [6.45, 7) is 16.9. The molecule has 0 bridgehead atoms. The van der Waals surface area contributed by atoms with E-state index in [9.17, 15) is 0 Å². The van der Waals surface area contributed by atoms with Gasteiger partial charge in [0.1, 0.15) is 0 Å². The lowest BCUT2D eigenvalue weighted by molar-refractivity contribution is 0.656. The van der Waals surface area contributed by atoms with E-state index in [0.717, 1.165) is 39.0 Å². The Labute approximate surface area is 187 Å². The predicted octanol–water partition coefficient (Wildman–Crippen LogP) is 7.99. The Morgan fingerprint density at radius 2 is 1.74 bits per heavy atom. The summed E-state index contributed by atoms with van der Waals surface area (Å²) in [5.74, 6) is 0.673. The smallest absolute Gasteiger partial charge is 0.0742 e. The van der Waals surface area contributed by atoms with E-state index >= 15 is 0 Å². The highest BCUT2D eigenvalue weighted by Crippen LogP contribution is 2.39. The summed E-state index contributed by atoms with van der Waals surface area (Å²) in [6.07, 6.45) is 13.4. The zero-order valence-corrected chi connectivity index (χ0v) is 19.7. The van der Waals surface area contributed by atoms with Crippen LogP contribution in [-0.4, -0.2) is 14.6 Å². The molecule has 31 heavy (non-hydrogen) atoms. The molecule has 0 N–H and O–H groups in total. The first-order valence-electron chi connectivity index (χ1n) is 11.8. The highest BCUT2D eigenvalue weighted by molar-refractivity contribution is 5.83. The van der Waals surface area contributed by atoms with Crippen molar-refractivity contribution in [3.05, 3.63) is 77.9 Å². The number of hydrogen-bond acceptors (Lipinski definition) is 2. The fourth-order valence-corrected chi connectivity index (χ4v) is 3.84. The molecule has 3 heterocycles. The molecule has 0 radical (unpaired) electrons. The highest BCUT2D eigenvalue weighted by atomic mass is 15.2. The number of hydrogen-bond donors (Lipinski definition) is 0. The molecule has 0 amide bonds. The predicted molar refractivity (Wildman–Crippen MR) is 133 cm³/mol. The van der Waals surface area contributed by atoms with E-state index in [1.807, 2.05) is 23.8 Å². The number of fused-ring (bicyclic) bond motifs is 1. The molecular formula is C28H37N3. The Morgan fingerprint density at radius 1 is 1.03 bits per heavy atom. The van der Waals surface area contributed by atoms with Gasteiger partial charge in [0, 0.05) is 34.6 Å². The van der Waals surface area contributed by atoms with Crippen LogP contribution in [0.4, 0.5) is 0 Å². The molecule has 1 aliphatic rings. The Balaban J connectivity index is 0.000000339. The molecule has 0 aromatic carbocycles. The van der Waals surface area contributed by atoms with Crippen molar-refractivity contribution in [2.45, 2.75) is 78.6 Å². The van der Waals surface area contributed by atoms with Gasteiger partial charge in [-0.3, -0.25) is 4.98 Å². The summed E-state index contributed by atoms with van der Waals surface area (Å²) >= 11 is 0. The molecule has 0 saturated heterocycles. The lowest BCUT2D eigenvalue weighted by Gasteiger charge is -2.11. The van der Waals surface area contributed by atoms with Gasteiger partial charge in [-0.25, -0.2) is 4.52 Å². The minimum atomic E-state index is 0.673.